The van der Waals surface area contributed by atoms with Crippen molar-refractivity contribution in [3.63, 3.8) is 0 Å². The summed E-state index contributed by atoms with van der Waals surface area (Å²) in [6.07, 6.45) is 8.28. The number of hydrogen-bond donors (Lipinski definition) is 2. The third kappa shape index (κ3) is 7.79. The number of halogens is 2. The summed E-state index contributed by atoms with van der Waals surface area (Å²) in [7, 11) is 0. The van der Waals surface area contributed by atoms with Gasteiger partial charge in [0.05, 0.1) is 24.0 Å². The summed E-state index contributed by atoms with van der Waals surface area (Å²) in [4.78, 5) is 56.8. The van der Waals surface area contributed by atoms with Crippen molar-refractivity contribution in [2.24, 2.45) is 0 Å². The zero-order valence-corrected chi connectivity index (χ0v) is 31.2. The Balaban J connectivity index is 0.000000172. The Morgan fingerprint density at radius 2 is 1.14 bits per heavy atom. The number of rotatable bonds is 8. The van der Waals surface area contributed by atoms with Crippen LogP contribution in [0.15, 0.2) is 133 Å². The molecule has 0 spiro atoms. The molecule has 8 rings (SSSR count). The second-order valence-corrected chi connectivity index (χ2v) is 14.1. The smallest absolute Gasteiger partial charge is 0.326 e. The van der Waals surface area contributed by atoms with E-state index in [-0.39, 0.29) is 23.9 Å². The number of carbonyl (C=O) groups excluding carboxylic acids is 2. The first-order valence-corrected chi connectivity index (χ1v) is 18.6. The number of aromatic nitrogens is 3. The molecule has 284 valence electrons. The zero-order valence-electron chi connectivity index (χ0n) is 29.7. The van der Waals surface area contributed by atoms with Gasteiger partial charge in [0.25, 0.3) is 11.8 Å². The van der Waals surface area contributed by atoms with E-state index < -0.39 is 24.0 Å². The maximum absolute atomic E-state index is 13.3. The predicted octanol–water partition coefficient (Wildman–Crippen LogP) is 8.38. The van der Waals surface area contributed by atoms with Crippen LogP contribution in [-0.4, -0.2) is 70.6 Å². The van der Waals surface area contributed by atoms with E-state index in [0.717, 1.165) is 22.4 Å². The summed E-state index contributed by atoms with van der Waals surface area (Å²) in [5, 5.41) is 24.5. The highest BCUT2D eigenvalue weighted by Crippen LogP contribution is 2.41. The number of likely N-dealkylation sites (tertiary alicyclic amines) is 2. The predicted molar refractivity (Wildman–Crippen MR) is 208 cm³/mol. The fourth-order valence-electron chi connectivity index (χ4n) is 7.39. The number of benzene rings is 4. The topological polar surface area (TPSA) is 159 Å². The van der Waals surface area contributed by atoms with Crippen molar-refractivity contribution in [1.29, 1.82) is 0 Å². The molecule has 4 heterocycles. The Labute approximate surface area is 331 Å². The Hall–Kier alpha value is -6.24. The lowest BCUT2D eigenvalue weighted by Crippen LogP contribution is -2.41. The van der Waals surface area contributed by atoms with Crippen LogP contribution in [-0.2, 0) is 9.59 Å². The average Bonchev–Trinajstić information content (AvgIpc) is 4.06. The minimum absolute atomic E-state index is 0.318. The van der Waals surface area contributed by atoms with Gasteiger partial charge in [-0.2, -0.15) is 5.10 Å². The van der Waals surface area contributed by atoms with Crippen LogP contribution >= 0.6 is 23.2 Å². The molecule has 2 saturated heterocycles. The van der Waals surface area contributed by atoms with Gasteiger partial charge in [-0.1, -0.05) is 71.7 Å². The van der Waals surface area contributed by atoms with Gasteiger partial charge in [-0.05, 0) is 91.4 Å². The minimum atomic E-state index is -1.01. The molecule has 6 aromatic rings. The van der Waals surface area contributed by atoms with Crippen LogP contribution in [0, 0.1) is 0 Å². The average molecular weight is 793 g/mol. The van der Waals surface area contributed by atoms with Gasteiger partial charge in [0, 0.05) is 39.1 Å². The van der Waals surface area contributed by atoms with Crippen molar-refractivity contribution in [3.8, 4) is 17.0 Å². The number of aliphatic carboxylic acids is 2. The molecule has 4 atom stereocenters. The van der Waals surface area contributed by atoms with E-state index in [1.807, 2.05) is 48.7 Å². The first kappa shape index (κ1) is 38.1. The van der Waals surface area contributed by atoms with Crippen LogP contribution in [0.4, 0.5) is 0 Å². The van der Waals surface area contributed by atoms with Crippen molar-refractivity contribution in [3.05, 3.63) is 160 Å². The van der Waals surface area contributed by atoms with Crippen molar-refractivity contribution in [2.45, 2.75) is 49.9 Å². The van der Waals surface area contributed by atoms with Gasteiger partial charge < -0.3 is 24.4 Å². The molecular weight excluding hydrogens is 757 g/mol. The van der Waals surface area contributed by atoms with E-state index in [9.17, 15) is 29.4 Å². The fourth-order valence-corrected chi connectivity index (χ4v) is 7.91. The third-order valence-electron chi connectivity index (χ3n) is 10.1. The second-order valence-electron chi connectivity index (χ2n) is 13.3. The molecule has 4 aromatic carbocycles. The Bertz CT molecular complexity index is 2170. The van der Waals surface area contributed by atoms with E-state index in [2.05, 4.69) is 10.1 Å². The number of carboxylic acids is 2. The van der Waals surface area contributed by atoms with Crippen LogP contribution < -0.4 is 0 Å². The van der Waals surface area contributed by atoms with Crippen LogP contribution in [0.3, 0.4) is 0 Å². The number of hydrogen-bond acceptors (Lipinski definition) is 7. The fraction of sp³-hybridized carbons (Fsp3) is 0.190. The summed E-state index contributed by atoms with van der Waals surface area (Å²) in [6.45, 7) is 0. The molecule has 2 fully saturated rings. The molecule has 2 aliphatic rings. The minimum Gasteiger partial charge on any atom is -0.480 e. The molecule has 0 aliphatic carbocycles. The Kier molecular flexibility index (Phi) is 11.3. The lowest BCUT2D eigenvalue weighted by molar-refractivity contribution is -0.142. The molecule has 0 bridgehead atoms. The van der Waals surface area contributed by atoms with Crippen LogP contribution in [0.2, 0.25) is 10.0 Å². The highest BCUT2D eigenvalue weighted by atomic mass is 35.5. The monoisotopic (exact) mass is 791 g/mol. The normalized spacial score (nSPS) is 19.0. The van der Waals surface area contributed by atoms with E-state index in [4.69, 9.17) is 27.6 Å². The summed E-state index contributed by atoms with van der Waals surface area (Å²) >= 11 is 12.7. The molecule has 2 aliphatic heterocycles. The molecule has 0 saturated carbocycles. The van der Waals surface area contributed by atoms with E-state index in [1.54, 1.807) is 77.7 Å². The van der Waals surface area contributed by atoms with Crippen molar-refractivity contribution < 1.29 is 33.8 Å². The summed E-state index contributed by atoms with van der Waals surface area (Å²) < 4.78 is 6.95. The van der Waals surface area contributed by atoms with E-state index in [1.165, 1.54) is 16.2 Å². The molecule has 0 unspecified atom stereocenters. The molecule has 2 N–H and O–H groups in total. The van der Waals surface area contributed by atoms with Gasteiger partial charge in [0.15, 0.2) is 12.2 Å². The zero-order chi connectivity index (χ0) is 39.3. The summed E-state index contributed by atoms with van der Waals surface area (Å²) in [5.74, 6) is -2.07. The van der Waals surface area contributed by atoms with Crippen LogP contribution in [0.25, 0.3) is 17.0 Å². The number of carboxylic acid groups (broad SMARTS) is 2. The summed E-state index contributed by atoms with van der Waals surface area (Å²) in [5.41, 5.74) is 3.98. The quantitative estimate of drug-likeness (QED) is 0.154. The maximum atomic E-state index is 13.3. The number of oxazole rings is 1. The standard InChI is InChI=1S/C21H18ClN3O3.C21H17ClN2O4/c22-17-5-2-1-4-16(17)18-10-11-19(21(27)28)25(18)20(26)14-6-8-15(9-7-14)24-13-3-12-23-24;22-16-4-2-1-3-15(16)17-9-10-18(21(26)27)24(17)20(25)14-7-5-13(6-8-14)19-11-23-12-28-19/h1-9,12-13,18-19H,10-11H2,(H,27,28);1-8,11-12,17-18H,9-10H2,(H,26,27)/t18-,19+;17-,18+/m11/s1. The first-order valence-electron chi connectivity index (χ1n) is 17.8. The SMILES string of the molecule is O=C(O)[C@@H]1CC[C@H](c2ccccc2Cl)N1C(=O)c1ccc(-c2cnco2)cc1.O=C(O)[C@@H]1CC[C@H](c2ccccc2Cl)N1C(=O)c1ccc(-n2cccn2)cc1. The van der Waals surface area contributed by atoms with Gasteiger partial charge in [-0.25, -0.2) is 19.3 Å². The van der Waals surface area contributed by atoms with Gasteiger partial charge in [-0.15, -0.1) is 0 Å². The van der Waals surface area contributed by atoms with Gasteiger partial charge in [0.2, 0.25) is 0 Å². The van der Waals surface area contributed by atoms with Crippen molar-refractivity contribution in [1.82, 2.24) is 24.6 Å². The molecule has 2 amide bonds. The van der Waals surface area contributed by atoms with Gasteiger partial charge in [0.1, 0.15) is 12.1 Å². The van der Waals surface area contributed by atoms with Gasteiger partial charge in [-0.3, -0.25) is 9.59 Å². The van der Waals surface area contributed by atoms with Crippen molar-refractivity contribution >= 4 is 47.0 Å². The van der Waals surface area contributed by atoms with Gasteiger partial charge >= 0.3 is 11.9 Å². The highest BCUT2D eigenvalue weighted by Gasteiger charge is 2.44. The molecule has 0 radical (unpaired) electrons. The number of amides is 2. The molecule has 14 heteroatoms. The van der Waals surface area contributed by atoms with Crippen LogP contribution in [0.5, 0.6) is 0 Å². The van der Waals surface area contributed by atoms with E-state index >= 15 is 0 Å². The highest BCUT2D eigenvalue weighted by molar-refractivity contribution is 6.31. The second kappa shape index (κ2) is 16.6. The van der Waals surface area contributed by atoms with Crippen LogP contribution in [0.1, 0.15) is 69.6 Å². The molecule has 2 aromatic heterocycles. The number of nitrogens with zero attached hydrogens (tertiary/aromatic N) is 5. The third-order valence-corrected chi connectivity index (χ3v) is 10.8. The number of carbonyl (C=O) groups is 4. The Morgan fingerprint density at radius 3 is 1.57 bits per heavy atom. The lowest BCUT2D eigenvalue weighted by Gasteiger charge is -2.29. The first-order chi connectivity index (χ1) is 27.1. The molecular formula is C42H35Cl2N5O7. The molecule has 12 nitrogen and oxygen atoms in total. The summed E-state index contributed by atoms with van der Waals surface area (Å²) in [6, 6.07) is 27.6. The lowest BCUT2D eigenvalue weighted by atomic mass is 10.0. The molecule has 56 heavy (non-hydrogen) atoms. The largest absolute Gasteiger partial charge is 0.480 e. The van der Waals surface area contributed by atoms with E-state index in [0.29, 0.717) is 52.6 Å². The Morgan fingerprint density at radius 1 is 0.643 bits per heavy atom. The maximum Gasteiger partial charge on any atom is 0.326 e. The van der Waals surface area contributed by atoms with Crippen molar-refractivity contribution in [2.75, 3.05) is 0 Å².